The molecule has 0 spiro atoms. The molecule has 0 aromatic heterocycles. The zero-order chi connectivity index (χ0) is 6.85. The summed E-state index contributed by atoms with van der Waals surface area (Å²) in [5.41, 5.74) is 1.23. The molecule has 0 aliphatic carbocycles. The minimum atomic E-state index is 0.808. The molecule has 1 fully saturated rings. The standard InChI is InChI=1S/C8H15N/c1-4-8-5-6-9(8)7(2)3/h8H,2,4-6H2,1,3H3/t8-/m1/s1. The maximum Gasteiger partial charge on any atom is 0.0300 e. The molecular formula is C8H15N. The van der Waals surface area contributed by atoms with E-state index in [-0.39, 0.29) is 0 Å². The maximum absolute atomic E-state index is 3.90. The first kappa shape index (κ1) is 6.66. The summed E-state index contributed by atoms with van der Waals surface area (Å²) >= 11 is 0. The molecular weight excluding hydrogens is 110 g/mol. The summed E-state index contributed by atoms with van der Waals surface area (Å²) in [5.74, 6) is 0. The summed E-state index contributed by atoms with van der Waals surface area (Å²) in [7, 11) is 0. The Morgan fingerprint density at radius 1 is 1.78 bits per heavy atom. The Kier molecular flexibility index (Phi) is 1.79. The lowest BCUT2D eigenvalue weighted by atomic mass is 10.0. The first-order valence-corrected chi connectivity index (χ1v) is 3.68. The van der Waals surface area contributed by atoms with Crippen LogP contribution in [-0.4, -0.2) is 17.5 Å². The van der Waals surface area contributed by atoms with E-state index in [1.807, 2.05) is 0 Å². The Hall–Kier alpha value is -0.460. The van der Waals surface area contributed by atoms with Crippen LogP contribution in [0.15, 0.2) is 12.3 Å². The van der Waals surface area contributed by atoms with Crippen LogP contribution in [0.2, 0.25) is 0 Å². The number of rotatable bonds is 2. The van der Waals surface area contributed by atoms with Gasteiger partial charge in [0.1, 0.15) is 0 Å². The topological polar surface area (TPSA) is 3.24 Å². The van der Waals surface area contributed by atoms with E-state index in [1.54, 1.807) is 0 Å². The van der Waals surface area contributed by atoms with Gasteiger partial charge in [0.15, 0.2) is 0 Å². The van der Waals surface area contributed by atoms with Crippen LogP contribution in [0.5, 0.6) is 0 Å². The van der Waals surface area contributed by atoms with Crippen LogP contribution >= 0.6 is 0 Å². The normalized spacial score (nSPS) is 25.6. The van der Waals surface area contributed by atoms with Crippen molar-refractivity contribution in [3.8, 4) is 0 Å². The lowest BCUT2D eigenvalue weighted by Gasteiger charge is -2.42. The molecule has 1 heteroatoms. The van der Waals surface area contributed by atoms with Crippen molar-refractivity contribution in [2.75, 3.05) is 6.54 Å². The molecule has 0 unspecified atom stereocenters. The Bertz CT molecular complexity index is 116. The highest BCUT2D eigenvalue weighted by molar-refractivity contribution is 4.98. The second-order valence-corrected chi connectivity index (χ2v) is 2.78. The quantitative estimate of drug-likeness (QED) is 0.545. The minimum absolute atomic E-state index is 0.808. The van der Waals surface area contributed by atoms with Gasteiger partial charge in [0.25, 0.3) is 0 Å². The molecule has 1 aliphatic rings. The number of allylic oxidation sites excluding steroid dienone is 1. The lowest BCUT2D eigenvalue weighted by molar-refractivity contribution is 0.133. The fraction of sp³-hybridized carbons (Fsp3) is 0.750. The summed E-state index contributed by atoms with van der Waals surface area (Å²) in [6.07, 6.45) is 2.64. The van der Waals surface area contributed by atoms with Crippen molar-refractivity contribution in [2.45, 2.75) is 32.7 Å². The monoisotopic (exact) mass is 125 g/mol. The number of hydrogen-bond acceptors (Lipinski definition) is 1. The van der Waals surface area contributed by atoms with E-state index in [9.17, 15) is 0 Å². The van der Waals surface area contributed by atoms with Gasteiger partial charge in [0.05, 0.1) is 0 Å². The largest absolute Gasteiger partial charge is 0.372 e. The van der Waals surface area contributed by atoms with E-state index < -0.39 is 0 Å². The van der Waals surface area contributed by atoms with Gasteiger partial charge in [-0.05, 0) is 19.8 Å². The smallest absolute Gasteiger partial charge is 0.0300 e. The molecule has 9 heavy (non-hydrogen) atoms. The van der Waals surface area contributed by atoms with Crippen molar-refractivity contribution in [2.24, 2.45) is 0 Å². The first-order valence-electron chi connectivity index (χ1n) is 3.68. The molecule has 0 radical (unpaired) electrons. The van der Waals surface area contributed by atoms with Gasteiger partial charge < -0.3 is 4.90 Å². The molecule has 1 aliphatic heterocycles. The van der Waals surface area contributed by atoms with Gasteiger partial charge in [0, 0.05) is 18.3 Å². The molecule has 1 rings (SSSR count). The van der Waals surface area contributed by atoms with E-state index in [0.29, 0.717) is 0 Å². The fourth-order valence-electron chi connectivity index (χ4n) is 1.37. The zero-order valence-corrected chi connectivity index (χ0v) is 6.35. The summed E-state index contributed by atoms with van der Waals surface area (Å²) in [4.78, 5) is 2.38. The predicted octanol–water partition coefficient (Wildman–Crippen LogP) is 2.00. The highest BCUT2D eigenvalue weighted by Gasteiger charge is 2.24. The highest BCUT2D eigenvalue weighted by atomic mass is 15.2. The molecule has 0 saturated carbocycles. The van der Waals surface area contributed by atoms with Crippen molar-refractivity contribution in [1.29, 1.82) is 0 Å². The van der Waals surface area contributed by atoms with Crippen LogP contribution in [0.25, 0.3) is 0 Å². The third kappa shape index (κ3) is 1.09. The number of likely N-dealkylation sites (tertiary alicyclic amines) is 1. The molecule has 1 saturated heterocycles. The van der Waals surface area contributed by atoms with E-state index in [1.165, 1.54) is 25.1 Å². The van der Waals surface area contributed by atoms with Gasteiger partial charge in [-0.2, -0.15) is 0 Å². The highest BCUT2D eigenvalue weighted by Crippen LogP contribution is 2.23. The molecule has 0 N–H and O–H groups in total. The lowest BCUT2D eigenvalue weighted by Crippen LogP contribution is -2.45. The Morgan fingerprint density at radius 2 is 2.44 bits per heavy atom. The number of hydrogen-bond donors (Lipinski definition) is 0. The van der Waals surface area contributed by atoms with Crippen molar-refractivity contribution in [3.63, 3.8) is 0 Å². The molecule has 1 atom stereocenters. The average Bonchev–Trinajstić information content (AvgIpc) is 1.61. The van der Waals surface area contributed by atoms with Crippen LogP contribution in [0.3, 0.4) is 0 Å². The van der Waals surface area contributed by atoms with Crippen LogP contribution in [0.4, 0.5) is 0 Å². The summed E-state index contributed by atoms with van der Waals surface area (Å²) in [6, 6.07) is 0.808. The summed E-state index contributed by atoms with van der Waals surface area (Å²) < 4.78 is 0. The molecule has 1 nitrogen and oxygen atoms in total. The van der Waals surface area contributed by atoms with Crippen LogP contribution in [0.1, 0.15) is 26.7 Å². The van der Waals surface area contributed by atoms with E-state index in [0.717, 1.165) is 6.04 Å². The van der Waals surface area contributed by atoms with Crippen molar-refractivity contribution >= 4 is 0 Å². The Morgan fingerprint density at radius 3 is 2.56 bits per heavy atom. The molecule has 52 valence electrons. The van der Waals surface area contributed by atoms with Crippen LogP contribution < -0.4 is 0 Å². The second kappa shape index (κ2) is 2.42. The van der Waals surface area contributed by atoms with E-state index in [4.69, 9.17) is 0 Å². The Balaban J connectivity index is 2.35. The van der Waals surface area contributed by atoms with Gasteiger partial charge in [-0.3, -0.25) is 0 Å². The van der Waals surface area contributed by atoms with Crippen LogP contribution in [0, 0.1) is 0 Å². The third-order valence-corrected chi connectivity index (χ3v) is 2.11. The molecule has 0 aromatic carbocycles. The second-order valence-electron chi connectivity index (χ2n) is 2.78. The predicted molar refractivity (Wildman–Crippen MR) is 40.2 cm³/mol. The SMILES string of the molecule is C=C(C)N1CC[C@H]1CC. The Labute approximate surface area is 57.4 Å². The van der Waals surface area contributed by atoms with E-state index >= 15 is 0 Å². The molecule has 0 bridgehead atoms. The third-order valence-electron chi connectivity index (χ3n) is 2.11. The fourth-order valence-corrected chi connectivity index (χ4v) is 1.37. The average molecular weight is 125 g/mol. The molecule has 0 aromatic rings. The van der Waals surface area contributed by atoms with Crippen molar-refractivity contribution < 1.29 is 0 Å². The van der Waals surface area contributed by atoms with Gasteiger partial charge in [-0.25, -0.2) is 0 Å². The van der Waals surface area contributed by atoms with Crippen molar-refractivity contribution in [1.82, 2.24) is 4.90 Å². The minimum Gasteiger partial charge on any atom is -0.372 e. The maximum atomic E-state index is 3.90. The summed E-state index contributed by atoms with van der Waals surface area (Å²) in [5, 5.41) is 0. The van der Waals surface area contributed by atoms with Gasteiger partial charge >= 0.3 is 0 Å². The van der Waals surface area contributed by atoms with Crippen molar-refractivity contribution in [3.05, 3.63) is 12.3 Å². The van der Waals surface area contributed by atoms with Crippen LogP contribution in [-0.2, 0) is 0 Å². The number of nitrogens with zero attached hydrogens (tertiary/aromatic N) is 1. The zero-order valence-electron chi connectivity index (χ0n) is 6.35. The molecule has 1 heterocycles. The van der Waals surface area contributed by atoms with Gasteiger partial charge in [0.2, 0.25) is 0 Å². The van der Waals surface area contributed by atoms with Gasteiger partial charge in [-0.15, -0.1) is 0 Å². The van der Waals surface area contributed by atoms with E-state index in [2.05, 4.69) is 25.3 Å². The van der Waals surface area contributed by atoms with Gasteiger partial charge in [-0.1, -0.05) is 13.5 Å². The summed E-state index contributed by atoms with van der Waals surface area (Å²) in [6.45, 7) is 9.45. The molecule has 0 amide bonds. The first-order chi connectivity index (χ1) is 4.25.